The minimum Gasteiger partial charge on any atom is -0.383 e. The summed E-state index contributed by atoms with van der Waals surface area (Å²) >= 11 is 6.14. The number of benzene rings is 1. The van der Waals surface area contributed by atoms with E-state index in [9.17, 15) is 0 Å². The molecule has 0 aliphatic carbocycles. The molecule has 2 aromatic rings. The molecule has 1 aliphatic rings. The van der Waals surface area contributed by atoms with Gasteiger partial charge in [0.05, 0.1) is 18.0 Å². The second-order valence-corrected chi connectivity index (χ2v) is 6.37. The predicted molar refractivity (Wildman–Crippen MR) is 92.8 cm³/mol. The van der Waals surface area contributed by atoms with Gasteiger partial charge in [-0.05, 0) is 31.5 Å². The fraction of sp³-hybridized carbons (Fsp3) is 0.444. The Bertz CT molecular complexity index is 650. The number of hydrogen-bond donors (Lipinski definition) is 0. The molecule has 1 aliphatic heterocycles. The number of nitrogens with zero attached hydrogens (tertiary/aromatic N) is 3. The molecule has 23 heavy (non-hydrogen) atoms. The number of ether oxygens (including phenoxy) is 1. The second-order valence-electron chi connectivity index (χ2n) is 5.93. The van der Waals surface area contributed by atoms with Gasteiger partial charge in [0.25, 0.3) is 0 Å². The van der Waals surface area contributed by atoms with Crippen molar-refractivity contribution in [2.24, 2.45) is 0 Å². The van der Waals surface area contributed by atoms with Crippen molar-refractivity contribution in [3.8, 4) is 11.3 Å². The molecular formula is C18H22ClN3O. The van der Waals surface area contributed by atoms with Gasteiger partial charge in [-0.3, -0.25) is 9.97 Å². The molecule has 4 nitrogen and oxygen atoms in total. The van der Waals surface area contributed by atoms with Crippen molar-refractivity contribution in [1.29, 1.82) is 0 Å². The zero-order valence-corrected chi connectivity index (χ0v) is 14.2. The number of rotatable bonds is 5. The van der Waals surface area contributed by atoms with E-state index >= 15 is 0 Å². The summed E-state index contributed by atoms with van der Waals surface area (Å²) in [5.41, 5.74) is 3.07. The maximum Gasteiger partial charge on any atom is 0.0921 e. The molecule has 122 valence electrons. The standard InChI is InChI=1S/C18H22ClN3O/c1-23-11-10-22-9-3-5-15(13-22)18-17(20-7-8-21-18)14-4-2-6-16(19)12-14/h2,4,6-8,12,15H,3,5,9-11,13H2,1H3/t15-/m0/s1. The Balaban J connectivity index is 1.85. The Kier molecular flexibility index (Phi) is 5.60. The van der Waals surface area contributed by atoms with Crippen LogP contribution in [-0.4, -0.2) is 48.2 Å². The lowest BCUT2D eigenvalue weighted by molar-refractivity contribution is 0.127. The highest BCUT2D eigenvalue weighted by atomic mass is 35.5. The SMILES string of the molecule is COCCN1CCC[C@H](c2nccnc2-c2cccc(Cl)c2)C1. The van der Waals surface area contributed by atoms with Gasteiger partial charge in [0.1, 0.15) is 0 Å². The van der Waals surface area contributed by atoms with Crippen LogP contribution in [0.4, 0.5) is 0 Å². The number of hydrogen-bond acceptors (Lipinski definition) is 4. The number of methoxy groups -OCH3 is 1. The molecule has 5 heteroatoms. The van der Waals surface area contributed by atoms with Crippen LogP contribution >= 0.6 is 11.6 Å². The Morgan fingerprint density at radius 2 is 2.17 bits per heavy atom. The molecule has 1 atom stereocenters. The summed E-state index contributed by atoms with van der Waals surface area (Å²) in [5, 5.41) is 0.726. The molecule has 0 N–H and O–H groups in total. The van der Waals surface area contributed by atoms with E-state index in [4.69, 9.17) is 16.3 Å². The van der Waals surface area contributed by atoms with E-state index in [0.717, 1.165) is 54.6 Å². The first kappa shape index (κ1) is 16.4. The fourth-order valence-electron chi connectivity index (χ4n) is 3.21. The third-order valence-electron chi connectivity index (χ3n) is 4.33. The lowest BCUT2D eigenvalue weighted by Gasteiger charge is -2.32. The lowest BCUT2D eigenvalue weighted by Crippen LogP contribution is -2.37. The van der Waals surface area contributed by atoms with Crippen LogP contribution in [0.15, 0.2) is 36.7 Å². The first-order chi connectivity index (χ1) is 11.3. The van der Waals surface area contributed by atoms with Gasteiger partial charge < -0.3 is 9.64 Å². The summed E-state index contributed by atoms with van der Waals surface area (Å²) in [6, 6.07) is 7.85. The van der Waals surface area contributed by atoms with Crippen molar-refractivity contribution in [1.82, 2.24) is 14.9 Å². The second kappa shape index (κ2) is 7.86. The van der Waals surface area contributed by atoms with Gasteiger partial charge in [-0.15, -0.1) is 0 Å². The molecule has 0 amide bonds. The van der Waals surface area contributed by atoms with Crippen LogP contribution in [0.1, 0.15) is 24.5 Å². The first-order valence-corrected chi connectivity index (χ1v) is 8.44. The highest BCUT2D eigenvalue weighted by Crippen LogP contribution is 2.32. The van der Waals surface area contributed by atoms with Crippen molar-refractivity contribution in [3.63, 3.8) is 0 Å². The van der Waals surface area contributed by atoms with Gasteiger partial charge in [-0.2, -0.15) is 0 Å². The molecule has 0 unspecified atom stereocenters. The van der Waals surface area contributed by atoms with Gasteiger partial charge in [0.2, 0.25) is 0 Å². The Hall–Kier alpha value is -1.49. The van der Waals surface area contributed by atoms with Gasteiger partial charge in [-0.1, -0.05) is 23.7 Å². The lowest BCUT2D eigenvalue weighted by atomic mass is 9.91. The zero-order valence-electron chi connectivity index (χ0n) is 13.4. The summed E-state index contributed by atoms with van der Waals surface area (Å²) < 4.78 is 5.21. The molecular weight excluding hydrogens is 310 g/mol. The van der Waals surface area contributed by atoms with Crippen LogP contribution in [0.2, 0.25) is 5.02 Å². The highest BCUT2D eigenvalue weighted by molar-refractivity contribution is 6.30. The summed E-state index contributed by atoms with van der Waals surface area (Å²) in [6.07, 6.45) is 5.87. The minimum atomic E-state index is 0.406. The van der Waals surface area contributed by atoms with E-state index in [0.29, 0.717) is 5.92 Å². The molecule has 0 spiro atoms. The zero-order chi connectivity index (χ0) is 16.1. The van der Waals surface area contributed by atoms with Crippen LogP contribution in [0.3, 0.4) is 0 Å². The summed E-state index contributed by atoms with van der Waals surface area (Å²) in [7, 11) is 1.75. The molecule has 1 fully saturated rings. The van der Waals surface area contributed by atoms with Gasteiger partial charge >= 0.3 is 0 Å². The molecule has 1 aromatic carbocycles. The molecule has 3 rings (SSSR count). The number of piperidine rings is 1. The van der Waals surface area contributed by atoms with Crippen LogP contribution in [0, 0.1) is 0 Å². The Labute approximate surface area is 142 Å². The highest BCUT2D eigenvalue weighted by Gasteiger charge is 2.25. The van der Waals surface area contributed by atoms with Crippen molar-refractivity contribution in [2.75, 3.05) is 33.4 Å². The van der Waals surface area contributed by atoms with Crippen molar-refractivity contribution in [2.45, 2.75) is 18.8 Å². The molecule has 1 saturated heterocycles. The number of halogens is 1. The van der Waals surface area contributed by atoms with Gasteiger partial charge in [0.15, 0.2) is 0 Å². The van der Waals surface area contributed by atoms with Gasteiger partial charge in [0, 0.05) is 49.1 Å². The average Bonchev–Trinajstić information content (AvgIpc) is 2.60. The normalized spacial score (nSPS) is 19.0. The molecule has 0 bridgehead atoms. The van der Waals surface area contributed by atoms with E-state index in [1.807, 2.05) is 24.3 Å². The van der Waals surface area contributed by atoms with Crippen LogP contribution in [0.5, 0.6) is 0 Å². The summed E-state index contributed by atoms with van der Waals surface area (Å²) in [5.74, 6) is 0.406. The van der Waals surface area contributed by atoms with E-state index in [-0.39, 0.29) is 0 Å². The Morgan fingerprint density at radius 1 is 1.30 bits per heavy atom. The van der Waals surface area contributed by atoms with E-state index < -0.39 is 0 Å². The largest absolute Gasteiger partial charge is 0.383 e. The van der Waals surface area contributed by atoms with Crippen LogP contribution in [-0.2, 0) is 4.74 Å². The van der Waals surface area contributed by atoms with Gasteiger partial charge in [-0.25, -0.2) is 0 Å². The van der Waals surface area contributed by atoms with Crippen molar-refractivity contribution in [3.05, 3.63) is 47.4 Å². The molecule has 2 heterocycles. The maximum absolute atomic E-state index is 6.14. The van der Waals surface area contributed by atoms with Crippen LogP contribution < -0.4 is 0 Å². The van der Waals surface area contributed by atoms with Crippen molar-refractivity contribution >= 4 is 11.6 Å². The smallest absolute Gasteiger partial charge is 0.0921 e. The quantitative estimate of drug-likeness (QED) is 0.838. The monoisotopic (exact) mass is 331 g/mol. The van der Waals surface area contributed by atoms with E-state index in [1.165, 1.54) is 6.42 Å². The first-order valence-electron chi connectivity index (χ1n) is 8.06. The van der Waals surface area contributed by atoms with E-state index in [1.54, 1.807) is 19.5 Å². The summed E-state index contributed by atoms with van der Waals surface area (Å²) in [6.45, 7) is 3.89. The third-order valence-corrected chi connectivity index (χ3v) is 4.56. The summed E-state index contributed by atoms with van der Waals surface area (Å²) in [4.78, 5) is 11.7. The molecule has 0 saturated carbocycles. The maximum atomic E-state index is 6.14. The average molecular weight is 332 g/mol. The number of likely N-dealkylation sites (tertiary alicyclic amines) is 1. The fourth-order valence-corrected chi connectivity index (χ4v) is 3.40. The van der Waals surface area contributed by atoms with Crippen molar-refractivity contribution < 1.29 is 4.74 Å². The molecule has 0 radical (unpaired) electrons. The molecule has 1 aromatic heterocycles. The van der Waals surface area contributed by atoms with Crippen LogP contribution in [0.25, 0.3) is 11.3 Å². The Morgan fingerprint density at radius 3 is 3.00 bits per heavy atom. The third kappa shape index (κ3) is 4.08. The minimum absolute atomic E-state index is 0.406. The topological polar surface area (TPSA) is 38.2 Å². The predicted octanol–water partition coefficient (Wildman–Crippen LogP) is 3.62. The number of aromatic nitrogens is 2. The van der Waals surface area contributed by atoms with E-state index in [2.05, 4.69) is 14.9 Å².